The highest BCUT2D eigenvalue weighted by atomic mass is 19.1. The van der Waals surface area contributed by atoms with Crippen LogP contribution in [0.4, 0.5) is 4.39 Å². The third-order valence-electron chi connectivity index (χ3n) is 4.93. The number of aryl methyl sites for hydroxylation is 1. The molecule has 3 heterocycles. The van der Waals surface area contributed by atoms with Gasteiger partial charge in [0.05, 0.1) is 17.5 Å². The first-order valence-corrected chi connectivity index (χ1v) is 9.11. The highest BCUT2D eigenvalue weighted by molar-refractivity contribution is 6.06. The molecule has 1 fully saturated rings. The number of benzene rings is 1. The summed E-state index contributed by atoms with van der Waals surface area (Å²) in [6.45, 7) is 1.82. The second-order valence-electron chi connectivity index (χ2n) is 6.63. The average Bonchev–Trinajstić information content (AvgIpc) is 3.24. The van der Waals surface area contributed by atoms with Crippen molar-refractivity contribution in [1.82, 2.24) is 19.8 Å². The molecule has 144 valence electrons. The molecule has 0 N–H and O–H groups in total. The van der Waals surface area contributed by atoms with E-state index in [0.29, 0.717) is 50.0 Å². The quantitative estimate of drug-likeness (QED) is 0.692. The van der Waals surface area contributed by atoms with Crippen LogP contribution in [0.1, 0.15) is 22.5 Å². The zero-order valence-electron chi connectivity index (χ0n) is 15.2. The Morgan fingerprint density at radius 3 is 2.61 bits per heavy atom. The Bertz CT molecular complexity index is 997. The number of hydrogen-bond donors (Lipinski definition) is 0. The number of aromatic nitrogens is 2. The van der Waals surface area contributed by atoms with E-state index in [1.54, 1.807) is 34.5 Å². The molecule has 0 aliphatic carbocycles. The van der Waals surface area contributed by atoms with E-state index in [-0.39, 0.29) is 17.4 Å². The van der Waals surface area contributed by atoms with Crippen LogP contribution in [0.25, 0.3) is 11.0 Å². The molecule has 4 rings (SSSR count). The second kappa shape index (κ2) is 7.75. The topological polar surface area (TPSA) is 79.5 Å². The van der Waals surface area contributed by atoms with Gasteiger partial charge in [-0.15, -0.1) is 0 Å². The Hall–Kier alpha value is -3.29. The van der Waals surface area contributed by atoms with Crippen molar-refractivity contribution in [2.75, 3.05) is 26.2 Å². The van der Waals surface area contributed by atoms with E-state index in [2.05, 4.69) is 9.97 Å². The molecule has 0 saturated carbocycles. The van der Waals surface area contributed by atoms with Crippen LogP contribution in [0.2, 0.25) is 0 Å². The molecular weight excluding hydrogens is 363 g/mol. The average molecular weight is 382 g/mol. The fraction of sp³-hybridized carbons (Fsp3) is 0.300. The summed E-state index contributed by atoms with van der Waals surface area (Å²) in [6, 6.07) is 4.32. The summed E-state index contributed by atoms with van der Waals surface area (Å²) in [5, 5.41) is 0.465. The van der Waals surface area contributed by atoms with Crippen LogP contribution in [-0.2, 0) is 11.2 Å². The fourth-order valence-electron chi connectivity index (χ4n) is 3.40. The number of amides is 2. The van der Waals surface area contributed by atoms with Gasteiger partial charge in [-0.3, -0.25) is 19.6 Å². The largest absolute Gasteiger partial charge is 0.461 e. The summed E-state index contributed by atoms with van der Waals surface area (Å²) < 4.78 is 18.9. The van der Waals surface area contributed by atoms with Gasteiger partial charge in [0.15, 0.2) is 11.4 Å². The lowest BCUT2D eigenvalue weighted by molar-refractivity contribution is -0.132. The smallest absolute Gasteiger partial charge is 0.254 e. The maximum atomic E-state index is 13.8. The maximum absolute atomic E-state index is 13.8. The van der Waals surface area contributed by atoms with Gasteiger partial charge in [0.25, 0.3) is 5.91 Å². The number of nitrogens with zero attached hydrogens (tertiary/aromatic N) is 4. The van der Waals surface area contributed by atoms with Crippen LogP contribution in [0.3, 0.4) is 0 Å². The minimum atomic E-state index is -0.491. The minimum absolute atomic E-state index is 0.0387. The molecule has 0 spiro atoms. The summed E-state index contributed by atoms with van der Waals surface area (Å²) in [5.74, 6) is -0.634. The lowest BCUT2D eigenvalue weighted by Gasteiger charge is -2.35. The number of piperazine rings is 1. The first-order valence-electron chi connectivity index (χ1n) is 9.11. The molecule has 0 atom stereocenters. The highest BCUT2D eigenvalue weighted by Crippen LogP contribution is 2.24. The van der Waals surface area contributed by atoms with Crippen LogP contribution in [-0.4, -0.2) is 57.8 Å². The molecule has 1 aromatic carbocycles. The van der Waals surface area contributed by atoms with Gasteiger partial charge in [-0.2, -0.15) is 0 Å². The van der Waals surface area contributed by atoms with Gasteiger partial charge < -0.3 is 14.2 Å². The summed E-state index contributed by atoms with van der Waals surface area (Å²) in [4.78, 5) is 36.9. The Balaban J connectivity index is 1.35. The van der Waals surface area contributed by atoms with E-state index in [1.807, 2.05) is 0 Å². The van der Waals surface area contributed by atoms with Crippen LogP contribution >= 0.6 is 0 Å². The van der Waals surface area contributed by atoms with Gasteiger partial charge in [-0.05, 0) is 24.6 Å². The van der Waals surface area contributed by atoms with Gasteiger partial charge in [0.2, 0.25) is 5.91 Å². The van der Waals surface area contributed by atoms with Crippen molar-refractivity contribution in [3.63, 3.8) is 0 Å². The number of halogens is 1. The molecule has 0 unspecified atom stereocenters. The third kappa shape index (κ3) is 3.58. The fourth-order valence-corrected chi connectivity index (χ4v) is 3.40. The molecule has 7 nitrogen and oxygen atoms in total. The van der Waals surface area contributed by atoms with Gasteiger partial charge in [0, 0.05) is 56.6 Å². The number of carbonyl (C=O) groups is 2. The normalized spacial score (nSPS) is 14.5. The Kier molecular flexibility index (Phi) is 5.01. The van der Waals surface area contributed by atoms with Crippen molar-refractivity contribution in [3.05, 3.63) is 60.1 Å². The van der Waals surface area contributed by atoms with E-state index < -0.39 is 5.82 Å². The molecule has 1 aliphatic heterocycles. The minimum Gasteiger partial charge on any atom is -0.461 e. The molecule has 28 heavy (non-hydrogen) atoms. The SMILES string of the molecule is O=C(CCc1cnccn1)N1CCN(C(=O)c2ccc(F)c3occc23)CC1. The standard InChI is InChI=1S/C20H19FN4O3/c21-17-3-2-16(15-5-12-28-19(15)17)20(27)25-10-8-24(9-11-25)18(26)4-1-14-13-22-6-7-23-14/h2-3,5-7,12-13H,1,4,8-11H2. The number of fused-ring (bicyclic) bond motifs is 1. The first kappa shape index (κ1) is 18.1. The van der Waals surface area contributed by atoms with Gasteiger partial charge in [-0.1, -0.05) is 0 Å². The predicted octanol–water partition coefficient (Wildman–Crippen LogP) is 2.28. The van der Waals surface area contributed by atoms with Crippen molar-refractivity contribution in [3.8, 4) is 0 Å². The van der Waals surface area contributed by atoms with Gasteiger partial charge >= 0.3 is 0 Å². The first-order chi connectivity index (χ1) is 13.6. The lowest BCUT2D eigenvalue weighted by Crippen LogP contribution is -2.50. The summed E-state index contributed by atoms with van der Waals surface area (Å²) in [7, 11) is 0. The van der Waals surface area contributed by atoms with Crippen LogP contribution in [0.15, 0.2) is 47.5 Å². The Labute approximate surface area is 160 Å². The molecule has 0 bridgehead atoms. The number of hydrogen-bond acceptors (Lipinski definition) is 5. The van der Waals surface area contributed by atoms with E-state index in [4.69, 9.17) is 4.42 Å². The second-order valence-corrected chi connectivity index (χ2v) is 6.63. The van der Waals surface area contributed by atoms with Crippen molar-refractivity contribution in [1.29, 1.82) is 0 Å². The van der Waals surface area contributed by atoms with E-state index in [0.717, 1.165) is 5.69 Å². The number of carbonyl (C=O) groups excluding carboxylic acids is 2. The van der Waals surface area contributed by atoms with Crippen LogP contribution in [0.5, 0.6) is 0 Å². The summed E-state index contributed by atoms with van der Waals surface area (Å²) >= 11 is 0. The lowest BCUT2D eigenvalue weighted by atomic mass is 10.1. The van der Waals surface area contributed by atoms with Crippen LogP contribution < -0.4 is 0 Å². The monoisotopic (exact) mass is 382 g/mol. The number of furan rings is 1. The molecule has 1 aliphatic rings. The summed E-state index contributed by atoms with van der Waals surface area (Å²) in [6.07, 6.45) is 7.14. The zero-order chi connectivity index (χ0) is 19.5. The molecule has 1 saturated heterocycles. The number of rotatable bonds is 4. The van der Waals surface area contributed by atoms with Crippen molar-refractivity contribution < 1.29 is 18.4 Å². The molecule has 2 amide bonds. The Morgan fingerprint density at radius 2 is 1.86 bits per heavy atom. The van der Waals surface area contributed by atoms with Crippen molar-refractivity contribution >= 4 is 22.8 Å². The highest BCUT2D eigenvalue weighted by Gasteiger charge is 2.26. The molecule has 2 aromatic heterocycles. The maximum Gasteiger partial charge on any atom is 0.254 e. The zero-order valence-corrected chi connectivity index (χ0v) is 15.2. The summed E-state index contributed by atoms with van der Waals surface area (Å²) in [5.41, 5.74) is 1.28. The molecule has 0 radical (unpaired) electrons. The van der Waals surface area contributed by atoms with Gasteiger partial charge in [0.1, 0.15) is 0 Å². The predicted molar refractivity (Wildman–Crippen MR) is 99.0 cm³/mol. The van der Waals surface area contributed by atoms with E-state index in [1.165, 1.54) is 18.4 Å². The van der Waals surface area contributed by atoms with Crippen molar-refractivity contribution in [2.24, 2.45) is 0 Å². The van der Waals surface area contributed by atoms with E-state index >= 15 is 0 Å². The molecule has 3 aromatic rings. The van der Waals surface area contributed by atoms with Crippen LogP contribution in [0, 0.1) is 5.82 Å². The molecular formula is C20H19FN4O3. The van der Waals surface area contributed by atoms with E-state index in [9.17, 15) is 14.0 Å². The van der Waals surface area contributed by atoms with Crippen molar-refractivity contribution in [2.45, 2.75) is 12.8 Å². The Morgan fingerprint density at radius 1 is 1.07 bits per heavy atom. The molecule has 8 heteroatoms. The van der Waals surface area contributed by atoms with Gasteiger partial charge in [-0.25, -0.2) is 4.39 Å². The third-order valence-corrected chi connectivity index (χ3v) is 4.93.